The molecule has 0 bridgehead atoms. The predicted octanol–water partition coefficient (Wildman–Crippen LogP) is 3.99. The smallest absolute Gasteiger partial charge is 0.245 e. The number of pyridine rings is 1. The molecule has 1 aromatic carbocycles. The molecule has 4 aromatic rings. The van der Waals surface area contributed by atoms with E-state index < -0.39 is 10.0 Å². The van der Waals surface area contributed by atoms with Crippen LogP contribution < -0.4 is 0 Å². The molecule has 0 spiro atoms. The van der Waals surface area contributed by atoms with Crippen LogP contribution in [0.2, 0.25) is 0 Å². The fourth-order valence-corrected chi connectivity index (χ4v) is 6.28. The largest absolute Gasteiger partial charge is 0.339 e. The monoisotopic (exact) mass is 440 g/mol. The molecule has 3 aromatic heterocycles. The molecular weight excluding hydrogens is 420 g/mol. The standard InChI is InChI=1S/C21H20N4O3S2/c26-30(27,18-7-1-5-16-6-2-9-22-20(16)18)25-10-3-4-15(13-25)12-19-23-21(24-28-19)17-8-11-29-14-17/h1-2,5-9,11,14-15H,3-4,10,12-13H2/t15-/m1/s1. The van der Waals surface area contributed by atoms with E-state index in [4.69, 9.17) is 4.52 Å². The van der Waals surface area contributed by atoms with Crippen LogP contribution in [0.25, 0.3) is 22.3 Å². The van der Waals surface area contributed by atoms with Gasteiger partial charge in [0.25, 0.3) is 0 Å². The van der Waals surface area contributed by atoms with Crippen molar-refractivity contribution in [2.45, 2.75) is 24.2 Å². The van der Waals surface area contributed by atoms with Crippen molar-refractivity contribution < 1.29 is 12.9 Å². The van der Waals surface area contributed by atoms with Gasteiger partial charge in [-0.25, -0.2) is 8.42 Å². The molecule has 0 N–H and O–H groups in total. The molecular formula is C21H20N4O3S2. The third-order valence-electron chi connectivity index (χ3n) is 5.41. The van der Waals surface area contributed by atoms with Crippen LogP contribution in [-0.2, 0) is 16.4 Å². The van der Waals surface area contributed by atoms with E-state index in [2.05, 4.69) is 15.1 Å². The number of rotatable bonds is 5. The first-order chi connectivity index (χ1) is 14.6. The van der Waals surface area contributed by atoms with Gasteiger partial charge in [-0.15, -0.1) is 0 Å². The maximum Gasteiger partial charge on any atom is 0.245 e. The maximum absolute atomic E-state index is 13.4. The number of para-hydroxylation sites is 1. The highest BCUT2D eigenvalue weighted by atomic mass is 32.2. The van der Waals surface area contributed by atoms with Gasteiger partial charge >= 0.3 is 0 Å². The normalized spacial score (nSPS) is 18.1. The Bertz CT molecular complexity index is 1260. The minimum Gasteiger partial charge on any atom is -0.339 e. The van der Waals surface area contributed by atoms with Crippen LogP contribution in [0, 0.1) is 5.92 Å². The van der Waals surface area contributed by atoms with Crippen LogP contribution in [0.15, 0.2) is 62.8 Å². The van der Waals surface area contributed by atoms with Crippen molar-refractivity contribution in [3.63, 3.8) is 0 Å². The number of benzene rings is 1. The van der Waals surface area contributed by atoms with E-state index in [1.165, 1.54) is 0 Å². The highest BCUT2D eigenvalue weighted by Crippen LogP contribution is 2.29. The first kappa shape index (κ1) is 19.3. The van der Waals surface area contributed by atoms with Gasteiger partial charge in [0.15, 0.2) is 0 Å². The molecule has 4 heterocycles. The van der Waals surface area contributed by atoms with E-state index in [0.717, 1.165) is 23.8 Å². The van der Waals surface area contributed by atoms with E-state index in [1.807, 2.05) is 35.0 Å². The van der Waals surface area contributed by atoms with E-state index in [-0.39, 0.29) is 10.8 Å². The lowest BCUT2D eigenvalue weighted by atomic mass is 9.96. The highest BCUT2D eigenvalue weighted by Gasteiger charge is 2.32. The van der Waals surface area contributed by atoms with Crippen molar-refractivity contribution in [2.75, 3.05) is 13.1 Å². The molecule has 0 aliphatic carbocycles. The Morgan fingerprint density at radius 1 is 1.20 bits per heavy atom. The van der Waals surface area contributed by atoms with Gasteiger partial charge in [0.2, 0.25) is 21.7 Å². The first-order valence-electron chi connectivity index (χ1n) is 9.80. The summed E-state index contributed by atoms with van der Waals surface area (Å²) in [4.78, 5) is 9.06. The Labute approximate surface area is 178 Å². The Hall–Kier alpha value is -2.62. The second kappa shape index (κ2) is 7.90. The number of sulfonamides is 1. The van der Waals surface area contributed by atoms with Crippen LogP contribution >= 0.6 is 11.3 Å². The molecule has 1 atom stereocenters. The summed E-state index contributed by atoms with van der Waals surface area (Å²) in [6, 6.07) is 10.9. The fraction of sp³-hybridized carbons (Fsp3) is 0.286. The fourth-order valence-electron chi connectivity index (χ4n) is 3.93. The summed E-state index contributed by atoms with van der Waals surface area (Å²) in [5, 5.41) is 8.82. The van der Waals surface area contributed by atoms with Crippen LogP contribution in [0.1, 0.15) is 18.7 Å². The quantitative estimate of drug-likeness (QED) is 0.466. The second-order valence-corrected chi connectivity index (χ2v) is 10.1. The summed E-state index contributed by atoms with van der Waals surface area (Å²) in [5.74, 6) is 1.26. The van der Waals surface area contributed by atoms with Gasteiger partial charge in [-0.05, 0) is 42.3 Å². The van der Waals surface area contributed by atoms with Crippen LogP contribution in [0.4, 0.5) is 0 Å². The van der Waals surface area contributed by atoms with Crippen molar-refractivity contribution in [1.82, 2.24) is 19.4 Å². The van der Waals surface area contributed by atoms with E-state index in [0.29, 0.717) is 36.7 Å². The molecule has 1 aliphatic rings. The molecule has 154 valence electrons. The number of fused-ring (bicyclic) bond motifs is 1. The molecule has 1 saturated heterocycles. The number of hydrogen-bond donors (Lipinski definition) is 0. The van der Waals surface area contributed by atoms with Gasteiger partial charge < -0.3 is 4.52 Å². The zero-order valence-corrected chi connectivity index (χ0v) is 17.8. The van der Waals surface area contributed by atoms with E-state index in [1.54, 1.807) is 34.0 Å². The van der Waals surface area contributed by atoms with E-state index >= 15 is 0 Å². The van der Waals surface area contributed by atoms with Crippen molar-refractivity contribution in [3.8, 4) is 11.4 Å². The van der Waals surface area contributed by atoms with Gasteiger partial charge in [0, 0.05) is 42.0 Å². The van der Waals surface area contributed by atoms with Gasteiger partial charge in [-0.1, -0.05) is 23.4 Å². The molecule has 5 rings (SSSR count). The molecule has 7 nitrogen and oxygen atoms in total. The number of aromatic nitrogens is 3. The summed E-state index contributed by atoms with van der Waals surface area (Å²) in [6.07, 6.45) is 3.92. The van der Waals surface area contributed by atoms with Gasteiger partial charge in [-0.2, -0.15) is 20.6 Å². The third kappa shape index (κ3) is 3.64. The third-order valence-corrected chi connectivity index (χ3v) is 7.99. The molecule has 30 heavy (non-hydrogen) atoms. The Balaban J connectivity index is 1.36. The number of nitrogens with zero attached hydrogens (tertiary/aromatic N) is 4. The van der Waals surface area contributed by atoms with Gasteiger partial charge in [0.1, 0.15) is 4.90 Å². The first-order valence-corrected chi connectivity index (χ1v) is 12.2. The summed E-state index contributed by atoms with van der Waals surface area (Å²) in [5.41, 5.74) is 1.45. The molecule has 1 aliphatic heterocycles. The minimum atomic E-state index is -3.64. The van der Waals surface area contributed by atoms with Crippen molar-refractivity contribution in [2.24, 2.45) is 5.92 Å². The molecule has 0 amide bonds. The summed E-state index contributed by atoms with van der Waals surface area (Å²) >= 11 is 1.58. The lowest BCUT2D eigenvalue weighted by molar-refractivity contribution is 0.247. The zero-order chi connectivity index (χ0) is 20.6. The molecule has 0 saturated carbocycles. The summed E-state index contributed by atoms with van der Waals surface area (Å²) < 4.78 is 33.8. The summed E-state index contributed by atoms with van der Waals surface area (Å²) in [6.45, 7) is 0.938. The van der Waals surface area contributed by atoms with Crippen LogP contribution in [-0.4, -0.2) is 40.9 Å². The average Bonchev–Trinajstić information content (AvgIpc) is 3.45. The van der Waals surface area contributed by atoms with Gasteiger partial charge in [-0.3, -0.25) is 4.98 Å². The Kier molecular flexibility index (Phi) is 5.10. The van der Waals surface area contributed by atoms with Crippen molar-refractivity contribution >= 4 is 32.3 Å². The predicted molar refractivity (Wildman–Crippen MR) is 115 cm³/mol. The van der Waals surface area contributed by atoms with Crippen molar-refractivity contribution in [3.05, 3.63) is 59.2 Å². The zero-order valence-electron chi connectivity index (χ0n) is 16.1. The number of piperidine rings is 1. The van der Waals surface area contributed by atoms with E-state index in [9.17, 15) is 8.42 Å². The van der Waals surface area contributed by atoms with Crippen LogP contribution in [0.5, 0.6) is 0 Å². The van der Waals surface area contributed by atoms with Crippen molar-refractivity contribution in [1.29, 1.82) is 0 Å². The second-order valence-electron chi connectivity index (χ2n) is 7.43. The minimum absolute atomic E-state index is 0.132. The SMILES string of the molecule is O=S(=O)(c1cccc2cccnc12)N1CCC[C@H](Cc2nc(-c3ccsc3)no2)C1. The summed E-state index contributed by atoms with van der Waals surface area (Å²) in [7, 11) is -3.64. The average molecular weight is 441 g/mol. The number of thiophene rings is 1. The Morgan fingerprint density at radius 3 is 2.97 bits per heavy atom. The highest BCUT2D eigenvalue weighted by molar-refractivity contribution is 7.89. The molecule has 0 unspecified atom stereocenters. The lowest BCUT2D eigenvalue weighted by Gasteiger charge is -2.31. The lowest BCUT2D eigenvalue weighted by Crippen LogP contribution is -2.40. The molecule has 0 radical (unpaired) electrons. The van der Waals surface area contributed by atoms with Crippen LogP contribution in [0.3, 0.4) is 0 Å². The topological polar surface area (TPSA) is 89.2 Å². The molecule has 1 fully saturated rings. The van der Waals surface area contributed by atoms with Gasteiger partial charge in [0.05, 0.1) is 5.52 Å². The Morgan fingerprint density at radius 2 is 2.10 bits per heavy atom. The maximum atomic E-state index is 13.4. The molecule has 9 heteroatoms. The number of hydrogen-bond acceptors (Lipinski definition) is 7.